The number of rotatable bonds is 4. The number of hydrogen-bond donors (Lipinski definition) is 2. The molecular weight excluding hydrogens is 250 g/mol. The lowest BCUT2D eigenvalue weighted by Gasteiger charge is -2.18. The number of hydrogen-bond acceptors (Lipinski definition) is 2. The number of carbonyl (C=O) groups excluding carboxylic acids is 1. The molecule has 3 heteroatoms. The lowest BCUT2D eigenvalue weighted by atomic mass is 9.97. The minimum Gasteiger partial charge on any atom is -0.386 e. The summed E-state index contributed by atoms with van der Waals surface area (Å²) in [7, 11) is 0. The summed E-state index contributed by atoms with van der Waals surface area (Å²) < 4.78 is 0. The van der Waals surface area contributed by atoms with Crippen LogP contribution in [0.15, 0.2) is 54.6 Å². The first-order chi connectivity index (χ1) is 9.47. The minimum atomic E-state index is -0.841. The third-order valence-corrected chi connectivity index (χ3v) is 3.15. The van der Waals surface area contributed by atoms with Gasteiger partial charge >= 0.3 is 0 Å². The molecule has 0 radical (unpaired) electrons. The Hall–Kier alpha value is -2.13. The van der Waals surface area contributed by atoms with Crippen molar-refractivity contribution >= 4 is 5.91 Å². The van der Waals surface area contributed by atoms with Crippen molar-refractivity contribution in [2.24, 2.45) is 0 Å². The van der Waals surface area contributed by atoms with Gasteiger partial charge in [0.05, 0.1) is 5.60 Å². The molecular formula is C17H19NO2. The fourth-order valence-corrected chi connectivity index (χ4v) is 1.90. The lowest BCUT2D eigenvalue weighted by molar-refractivity contribution is 0.0785. The summed E-state index contributed by atoms with van der Waals surface area (Å²) in [6.45, 7) is 3.97. The quantitative estimate of drug-likeness (QED) is 0.896. The zero-order valence-electron chi connectivity index (χ0n) is 11.8. The molecule has 0 unspecified atom stereocenters. The molecule has 104 valence electrons. The summed E-state index contributed by atoms with van der Waals surface area (Å²) in [5.74, 6) is -0.0860. The molecule has 0 aromatic heterocycles. The molecule has 0 saturated carbocycles. The summed E-state index contributed by atoms with van der Waals surface area (Å²) in [4.78, 5) is 11.9. The highest BCUT2D eigenvalue weighted by Gasteiger charge is 2.15. The summed E-state index contributed by atoms with van der Waals surface area (Å²) >= 11 is 0. The number of carbonyl (C=O) groups is 1. The fraction of sp³-hybridized carbons (Fsp3) is 0.235. The molecule has 2 aromatic rings. The van der Waals surface area contributed by atoms with Crippen LogP contribution in [-0.4, -0.2) is 11.0 Å². The van der Waals surface area contributed by atoms with Crippen molar-refractivity contribution in [3.05, 3.63) is 71.3 Å². The average Bonchev–Trinajstić information content (AvgIpc) is 2.45. The van der Waals surface area contributed by atoms with Crippen LogP contribution in [0.2, 0.25) is 0 Å². The predicted molar refractivity (Wildman–Crippen MR) is 79.3 cm³/mol. The van der Waals surface area contributed by atoms with Crippen molar-refractivity contribution in [3.8, 4) is 0 Å². The summed E-state index contributed by atoms with van der Waals surface area (Å²) in [5.41, 5.74) is 1.67. The molecule has 20 heavy (non-hydrogen) atoms. The van der Waals surface area contributed by atoms with Crippen LogP contribution in [0.25, 0.3) is 0 Å². The van der Waals surface area contributed by atoms with Crippen LogP contribution in [0.5, 0.6) is 0 Å². The van der Waals surface area contributed by atoms with Crippen molar-refractivity contribution < 1.29 is 9.90 Å². The van der Waals surface area contributed by atoms with Crippen LogP contribution in [0.3, 0.4) is 0 Å². The average molecular weight is 269 g/mol. The molecule has 2 N–H and O–H groups in total. The van der Waals surface area contributed by atoms with Crippen LogP contribution >= 0.6 is 0 Å². The fourth-order valence-electron chi connectivity index (χ4n) is 1.90. The normalized spacial score (nSPS) is 11.2. The molecule has 0 bridgehead atoms. The van der Waals surface area contributed by atoms with E-state index in [1.54, 1.807) is 26.0 Å². The molecule has 0 aliphatic carbocycles. The van der Waals surface area contributed by atoms with E-state index in [1.807, 2.05) is 42.5 Å². The second-order valence-electron chi connectivity index (χ2n) is 5.30. The second-order valence-corrected chi connectivity index (χ2v) is 5.30. The Kier molecular flexibility index (Phi) is 4.20. The monoisotopic (exact) mass is 269 g/mol. The van der Waals surface area contributed by atoms with E-state index in [9.17, 15) is 9.90 Å². The molecule has 3 nitrogen and oxygen atoms in total. The summed E-state index contributed by atoms with van der Waals surface area (Å²) in [5, 5.41) is 12.7. The first-order valence-electron chi connectivity index (χ1n) is 6.62. The number of aliphatic hydroxyl groups is 1. The maximum absolute atomic E-state index is 11.9. The van der Waals surface area contributed by atoms with Crippen molar-refractivity contribution in [1.29, 1.82) is 0 Å². The van der Waals surface area contributed by atoms with Gasteiger partial charge in [-0.25, -0.2) is 0 Å². The van der Waals surface area contributed by atoms with E-state index in [2.05, 4.69) is 5.32 Å². The van der Waals surface area contributed by atoms with Crippen LogP contribution in [0.4, 0.5) is 0 Å². The minimum absolute atomic E-state index is 0.0860. The van der Waals surface area contributed by atoms with E-state index in [-0.39, 0.29) is 5.91 Å². The standard InChI is InChI=1S/C17H19NO2/c1-17(2,20)15-10-8-13(9-11-15)12-18-16(19)14-6-4-3-5-7-14/h3-11,20H,12H2,1-2H3,(H,18,19). The third kappa shape index (κ3) is 3.68. The highest BCUT2D eigenvalue weighted by atomic mass is 16.3. The van der Waals surface area contributed by atoms with Gasteiger partial charge in [0.2, 0.25) is 0 Å². The van der Waals surface area contributed by atoms with Crippen molar-refractivity contribution in [2.45, 2.75) is 26.0 Å². The zero-order chi connectivity index (χ0) is 14.6. The third-order valence-electron chi connectivity index (χ3n) is 3.15. The Morgan fingerprint density at radius 3 is 2.20 bits per heavy atom. The molecule has 0 fully saturated rings. The van der Waals surface area contributed by atoms with Crippen LogP contribution < -0.4 is 5.32 Å². The van der Waals surface area contributed by atoms with Gasteiger partial charge in [0, 0.05) is 12.1 Å². The lowest BCUT2D eigenvalue weighted by Crippen LogP contribution is -2.22. The van der Waals surface area contributed by atoms with E-state index >= 15 is 0 Å². The second kappa shape index (κ2) is 5.88. The molecule has 0 aliphatic rings. The number of amides is 1. The smallest absolute Gasteiger partial charge is 0.251 e. The largest absolute Gasteiger partial charge is 0.386 e. The van der Waals surface area contributed by atoms with Gasteiger partial charge in [0.25, 0.3) is 5.91 Å². The SMILES string of the molecule is CC(C)(O)c1ccc(CNC(=O)c2ccccc2)cc1. The maximum atomic E-state index is 11.9. The van der Waals surface area contributed by atoms with Gasteiger partial charge in [-0.15, -0.1) is 0 Å². The van der Waals surface area contributed by atoms with Gasteiger partial charge in [-0.1, -0.05) is 42.5 Å². The Bertz CT molecular complexity index is 568. The first-order valence-corrected chi connectivity index (χ1v) is 6.62. The predicted octanol–water partition coefficient (Wildman–Crippen LogP) is 2.84. The maximum Gasteiger partial charge on any atom is 0.251 e. The highest BCUT2D eigenvalue weighted by Crippen LogP contribution is 2.19. The van der Waals surface area contributed by atoms with Crippen molar-refractivity contribution in [2.75, 3.05) is 0 Å². The summed E-state index contributed by atoms with van der Waals surface area (Å²) in [6.07, 6.45) is 0. The molecule has 0 aliphatic heterocycles. The van der Waals surface area contributed by atoms with Crippen LogP contribution in [0.1, 0.15) is 35.3 Å². The van der Waals surface area contributed by atoms with E-state index in [1.165, 1.54) is 0 Å². The molecule has 0 heterocycles. The molecule has 0 saturated heterocycles. The molecule has 1 amide bonds. The number of benzene rings is 2. The van der Waals surface area contributed by atoms with Crippen LogP contribution in [-0.2, 0) is 12.1 Å². The van der Waals surface area contributed by atoms with Crippen molar-refractivity contribution in [1.82, 2.24) is 5.32 Å². The Balaban J connectivity index is 1.96. The molecule has 0 spiro atoms. The van der Waals surface area contributed by atoms with Crippen molar-refractivity contribution in [3.63, 3.8) is 0 Å². The van der Waals surface area contributed by atoms with Gasteiger partial charge in [-0.05, 0) is 37.1 Å². The molecule has 2 rings (SSSR count). The van der Waals surface area contributed by atoms with Gasteiger partial charge in [0.15, 0.2) is 0 Å². The highest BCUT2D eigenvalue weighted by molar-refractivity contribution is 5.94. The van der Waals surface area contributed by atoms with E-state index < -0.39 is 5.60 Å². The molecule has 0 atom stereocenters. The van der Waals surface area contributed by atoms with E-state index in [0.717, 1.165) is 11.1 Å². The Morgan fingerprint density at radius 2 is 1.65 bits per heavy atom. The van der Waals surface area contributed by atoms with Gasteiger partial charge in [-0.3, -0.25) is 4.79 Å². The van der Waals surface area contributed by atoms with Gasteiger partial charge in [-0.2, -0.15) is 0 Å². The van der Waals surface area contributed by atoms with E-state index in [0.29, 0.717) is 12.1 Å². The van der Waals surface area contributed by atoms with E-state index in [4.69, 9.17) is 0 Å². The summed E-state index contributed by atoms with van der Waals surface area (Å²) in [6, 6.07) is 16.7. The zero-order valence-corrected chi connectivity index (χ0v) is 11.8. The van der Waals surface area contributed by atoms with Crippen LogP contribution in [0, 0.1) is 0 Å². The van der Waals surface area contributed by atoms with Gasteiger partial charge < -0.3 is 10.4 Å². The Morgan fingerprint density at radius 1 is 1.05 bits per heavy atom. The topological polar surface area (TPSA) is 49.3 Å². The number of nitrogens with one attached hydrogen (secondary N) is 1. The van der Waals surface area contributed by atoms with Gasteiger partial charge in [0.1, 0.15) is 0 Å². The Labute approximate surface area is 119 Å². The molecule has 2 aromatic carbocycles. The first kappa shape index (κ1) is 14.3.